The van der Waals surface area contributed by atoms with Gasteiger partial charge in [-0.05, 0) is 38.0 Å². The highest BCUT2D eigenvalue weighted by Crippen LogP contribution is 2.32. The molecule has 4 nitrogen and oxygen atoms in total. The summed E-state index contributed by atoms with van der Waals surface area (Å²) in [5.74, 6) is -1.32. The maximum absolute atomic E-state index is 12.0. The van der Waals surface area contributed by atoms with Gasteiger partial charge in [-0.25, -0.2) is 4.79 Å². The number of Topliss-reactive ketones (excluding diaryl/α,β-unsaturated/α-hetero) is 1. The molecule has 0 heterocycles. The fourth-order valence-electron chi connectivity index (χ4n) is 1.66. The SMILES string of the molecule is CCOC(=O)C(=O)c1c(OC)cc(C)c(Cl)c1C. The lowest BCUT2D eigenvalue weighted by atomic mass is 10.0. The first kappa shape index (κ1) is 14.5. The van der Waals surface area contributed by atoms with Crippen molar-refractivity contribution in [3.63, 3.8) is 0 Å². The smallest absolute Gasteiger partial charge is 0.379 e. The number of ether oxygens (including phenoxy) is 2. The summed E-state index contributed by atoms with van der Waals surface area (Å²) in [5.41, 5.74) is 1.46. The van der Waals surface area contributed by atoms with Crippen LogP contribution in [0.25, 0.3) is 0 Å². The first-order valence-electron chi connectivity index (χ1n) is 5.49. The Bertz CT molecular complexity index is 494. The molecule has 0 radical (unpaired) electrons. The maximum Gasteiger partial charge on any atom is 0.379 e. The van der Waals surface area contributed by atoms with Crippen LogP contribution in [0.2, 0.25) is 5.02 Å². The number of carbonyl (C=O) groups excluding carboxylic acids is 2. The second-order valence-corrected chi connectivity index (χ2v) is 4.14. The molecule has 0 bridgehead atoms. The summed E-state index contributed by atoms with van der Waals surface area (Å²) < 4.78 is 9.82. The Kier molecular flexibility index (Phi) is 4.73. The van der Waals surface area contributed by atoms with Crippen LogP contribution >= 0.6 is 11.6 Å². The number of benzene rings is 1. The normalized spacial score (nSPS) is 10.1. The minimum Gasteiger partial charge on any atom is -0.496 e. The highest BCUT2D eigenvalue weighted by Gasteiger charge is 2.25. The Balaban J connectivity index is 3.35. The highest BCUT2D eigenvalue weighted by atomic mass is 35.5. The van der Waals surface area contributed by atoms with Crippen LogP contribution in [0.15, 0.2) is 6.07 Å². The zero-order valence-corrected chi connectivity index (χ0v) is 11.6. The molecule has 0 unspecified atom stereocenters. The summed E-state index contributed by atoms with van der Waals surface area (Å²) in [5, 5.41) is 0.448. The molecule has 1 rings (SSSR count). The summed E-state index contributed by atoms with van der Waals surface area (Å²) in [4.78, 5) is 23.5. The molecule has 0 aromatic heterocycles. The van der Waals surface area contributed by atoms with E-state index in [1.165, 1.54) is 7.11 Å². The van der Waals surface area contributed by atoms with Gasteiger partial charge < -0.3 is 9.47 Å². The van der Waals surface area contributed by atoms with Gasteiger partial charge >= 0.3 is 5.97 Å². The second kappa shape index (κ2) is 5.87. The van der Waals surface area contributed by atoms with Crippen molar-refractivity contribution in [1.82, 2.24) is 0 Å². The van der Waals surface area contributed by atoms with Gasteiger partial charge in [-0.15, -0.1) is 0 Å². The number of esters is 1. The number of halogens is 1. The van der Waals surface area contributed by atoms with Crippen LogP contribution in [0.4, 0.5) is 0 Å². The van der Waals surface area contributed by atoms with E-state index in [1.807, 2.05) is 0 Å². The molecule has 98 valence electrons. The second-order valence-electron chi connectivity index (χ2n) is 3.76. The molecular weight excluding hydrogens is 256 g/mol. The average Bonchev–Trinajstić information content (AvgIpc) is 2.35. The van der Waals surface area contributed by atoms with Crippen LogP contribution < -0.4 is 4.74 Å². The Morgan fingerprint density at radius 2 is 1.94 bits per heavy atom. The van der Waals surface area contributed by atoms with Gasteiger partial charge in [0.25, 0.3) is 5.78 Å². The predicted molar refractivity (Wildman–Crippen MR) is 68.4 cm³/mol. The molecule has 0 N–H and O–H groups in total. The van der Waals surface area contributed by atoms with Gasteiger partial charge in [-0.1, -0.05) is 11.6 Å². The molecule has 0 atom stereocenters. The van der Waals surface area contributed by atoms with E-state index in [4.69, 9.17) is 21.1 Å². The van der Waals surface area contributed by atoms with Gasteiger partial charge in [0.05, 0.1) is 19.3 Å². The molecule has 0 aliphatic heterocycles. The van der Waals surface area contributed by atoms with Crippen molar-refractivity contribution in [3.8, 4) is 5.75 Å². The molecule has 0 spiro atoms. The molecule has 1 aromatic carbocycles. The zero-order valence-electron chi connectivity index (χ0n) is 10.8. The summed E-state index contributed by atoms with van der Waals surface area (Å²) in [6.07, 6.45) is 0. The lowest BCUT2D eigenvalue weighted by Gasteiger charge is -2.13. The van der Waals surface area contributed by atoms with Gasteiger partial charge in [0.15, 0.2) is 0 Å². The summed E-state index contributed by atoms with van der Waals surface area (Å²) >= 11 is 6.08. The number of aryl methyl sites for hydroxylation is 1. The zero-order chi connectivity index (χ0) is 13.9. The van der Waals surface area contributed by atoms with E-state index >= 15 is 0 Å². The fourth-order valence-corrected chi connectivity index (χ4v) is 1.81. The molecule has 0 saturated carbocycles. The molecule has 5 heteroatoms. The minimum absolute atomic E-state index is 0.144. The number of carbonyl (C=O) groups is 2. The molecule has 0 saturated heterocycles. The van der Waals surface area contributed by atoms with Crippen LogP contribution in [-0.2, 0) is 9.53 Å². The third-order valence-electron chi connectivity index (χ3n) is 2.55. The number of ketones is 1. The highest BCUT2D eigenvalue weighted by molar-refractivity contribution is 6.42. The van der Waals surface area contributed by atoms with E-state index in [9.17, 15) is 9.59 Å². The summed E-state index contributed by atoms with van der Waals surface area (Å²) in [6.45, 7) is 5.25. The third kappa shape index (κ3) is 2.64. The lowest BCUT2D eigenvalue weighted by molar-refractivity contribution is -0.137. The fraction of sp³-hybridized carbons (Fsp3) is 0.385. The van der Waals surface area contributed by atoms with Crippen LogP contribution in [0.1, 0.15) is 28.4 Å². The van der Waals surface area contributed by atoms with E-state index in [-0.39, 0.29) is 12.2 Å². The van der Waals surface area contributed by atoms with E-state index < -0.39 is 11.8 Å². The lowest BCUT2D eigenvalue weighted by Crippen LogP contribution is -2.19. The van der Waals surface area contributed by atoms with E-state index in [0.717, 1.165) is 5.56 Å². The molecule has 18 heavy (non-hydrogen) atoms. The average molecular weight is 271 g/mol. The van der Waals surface area contributed by atoms with Crippen molar-refractivity contribution < 1.29 is 19.1 Å². The topological polar surface area (TPSA) is 52.6 Å². The number of methoxy groups -OCH3 is 1. The van der Waals surface area contributed by atoms with Gasteiger partial charge in [-0.2, -0.15) is 0 Å². The Morgan fingerprint density at radius 1 is 1.33 bits per heavy atom. The van der Waals surface area contributed by atoms with Crippen molar-refractivity contribution in [2.45, 2.75) is 20.8 Å². The standard InChI is InChI=1S/C13H15ClO4/c1-5-18-13(16)12(15)10-8(3)11(14)7(2)6-9(10)17-4/h6H,5H2,1-4H3. The molecular formula is C13H15ClO4. The molecule has 0 aliphatic rings. The van der Waals surface area contributed by atoms with E-state index in [1.54, 1.807) is 26.8 Å². The quantitative estimate of drug-likeness (QED) is 0.480. The van der Waals surface area contributed by atoms with Gasteiger partial charge in [0.1, 0.15) is 5.75 Å². The van der Waals surface area contributed by atoms with E-state index in [0.29, 0.717) is 16.3 Å². The van der Waals surface area contributed by atoms with E-state index in [2.05, 4.69) is 0 Å². The maximum atomic E-state index is 12.0. The first-order chi connectivity index (χ1) is 8.43. The first-order valence-corrected chi connectivity index (χ1v) is 5.86. The Labute approximate surface area is 111 Å². The van der Waals surface area contributed by atoms with Crippen LogP contribution in [-0.4, -0.2) is 25.5 Å². The molecule has 1 aromatic rings. The number of hydrogen-bond donors (Lipinski definition) is 0. The van der Waals surface area contributed by atoms with Crippen LogP contribution in [0.3, 0.4) is 0 Å². The van der Waals surface area contributed by atoms with Crippen molar-refractivity contribution in [1.29, 1.82) is 0 Å². The summed E-state index contributed by atoms with van der Waals surface area (Å²) in [7, 11) is 1.43. The van der Waals surface area contributed by atoms with Crippen molar-refractivity contribution in [2.75, 3.05) is 13.7 Å². The van der Waals surface area contributed by atoms with Crippen LogP contribution in [0, 0.1) is 13.8 Å². The monoisotopic (exact) mass is 270 g/mol. The number of hydrogen-bond acceptors (Lipinski definition) is 4. The predicted octanol–water partition coefficient (Wildman–Crippen LogP) is 2.71. The van der Waals surface area contributed by atoms with Gasteiger partial charge in [0, 0.05) is 5.02 Å². The largest absolute Gasteiger partial charge is 0.496 e. The van der Waals surface area contributed by atoms with Crippen molar-refractivity contribution >= 4 is 23.4 Å². The number of rotatable bonds is 4. The minimum atomic E-state index is -0.904. The van der Waals surface area contributed by atoms with Crippen molar-refractivity contribution in [3.05, 3.63) is 27.8 Å². The van der Waals surface area contributed by atoms with Crippen LogP contribution in [0.5, 0.6) is 5.75 Å². The molecule has 0 aliphatic carbocycles. The Morgan fingerprint density at radius 3 is 2.44 bits per heavy atom. The van der Waals surface area contributed by atoms with Crippen molar-refractivity contribution in [2.24, 2.45) is 0 Å². The third-order valence-corrected chi connectivity index (χ3v) is 3.13. The molecule has 0 amide bonds. The van der Waals surface area contributed by atoms with Gasteiger partial charge in [-0.3, -0.25) is 4.79 Å². The Hall–Kier alpha value is -1.55. The molecule has 0 fully saturated rings. The summed E-state index contributed by atoms with van der Waals surface area (Å²) in [6, 6.07) is 1.63. The van der Waals surface area contributed by atoms with Gasteiger partial charge in [0.2, 0.25) is 0 Å².